The molecule has 0 saturated heterocycles. The Labute approximate surface area is 149 Å². The third-order valence-electron chi connectivity index (χ3n) is 4.02. The van der Waals surface area contributed by atoms with Gasteiger partial charge in [0.2, 0.25) is 5.88 Å². The zero-order valence-corrected chi connectivity index (χ0v) is 13.8. The molecule has 0 spiro atoms. The molecule has 0 aliphatic heterocycles. The van der Waals surface area contributed by atoms with Gasteiger partial charge in [-0.25, -0.2) is 19.9 Å². The molecule has 1 N–H and O–H groups in total. The van der Waals surface area contributed by atoms with Crippen LogP contribution in [0.15, 0.2) is 55.4 Å². The van der Waals surface area contributed by atoms with Gasteiger partial charge in [0.05, 0.1) is 12.0 Å². The zero-order chi connectivity index (χ0) is 17.8. The van der Waals surface area contributed by atoms with Gasteiger partial charge in [-0.3, -0.25) is 0 Å². The maximum absolute atomic E-state index is 9.31. The smallest absolute Gasteiger partial charge is 0.226 e. The monoisotopic (exact) mass is 342 g/mol. The van der Waals surface area contributed by atoms with Gasteiger partial charge in [0.15, 0.2) is 5.69 Å². The van der Waals surface area contributed by atoms with E-state index in [9.17, 15) is 5.26 Å². The fourth-order valence-electron chi connectivity index (χ4n) is 2.78. The second-order valence-electron chi connectivity index (χ2n) is 5.59. The number of nitrogens with zero attached hydrogens (tertiary/aromatic N) is 5. The number of fused-ring (bicyclic) bond motifs is 1. The molecule has 4 rings (SSSR count). The van der Waals surface area contributed by atoms with Crippen LogP contribution >= 0.6 is 0 Å². The highest BCUT2D eigenvalue weighted by atomic mass is 16.5. The van der Waals surface area contributed by atoms with Crippen LogP contribution in [0.2, 0.25) is 0 Å². The number of rotatable bonds is 5. The lowest BCUT2D eigenvalue weighted by atomic mass is 10.1. The number of H-pyrrole nitrogens is 1. The van der Waals surface area contributed by atoms with E-state index in [1.54, 1.807) is 12.4 Å². The molecule has 26 heavy (non-hydrogen) atoms. The van der Waals surface area contributed by atoms with Crippen molar-refractivity contribution in [2.45, 2.75) is 6.42 Å². The molecule has 1 aromatic carbocycles. The molecule has 0 atom stereocenters. The summed E-state index contributed by atoms with van der Waals surface area (Å²) in [6, 6.07) is 12.2. The largest absolute Gasteiger partial charge is 0.477 e. The fourth-order valence-corrected chi connectivity index (χ4v) is 2.78. The van der Waals surface area contributed by atoms with Gasteiger partial charge in [0.25, 0.3) is 0 Å². The molecule has 0 aliphatic rings. The van der Waals surface area contributed by atoms with Gasteiger partial charge in [-0.2, -0.15) is 5.26 Å². The van der Waals surface area contributed by atoms with Crippen molar-refractivity contribution >= 4 is 11.0 Å². The van der Waals surface area contributed by atoms with Crippen molar-refractivity contribution in [3.8, 4) is 23.1 Å². The van der Waals surface area contributed by atoms with Crippen molar-refractivity contribution in [2.24, 2.45) is 0 Å². The van der Waals surface area contributed by atoms with Crippen LogP contribution in [-0.2, 0) is 6.42 Å². The first kappa shape index (κ1) is 15.7. The average Bonchev–Trinajstić information content (AvgIpc) is 3.13. The first-order valence-electron chi connectivity index (χ1n) is 8.06. The fraction of sp³-hybridized carbons (Fsp3) is 0.105. The van der Waals surface area contributed by atoms with Crippen LogP contribution in [0, 0.1) is 11.3 Å². The topological polar surface area (TPSA) is 100 Å². The molecule has 0 bridgehead atoms. The number of hydrogen-bond donors (Lipinski definition) is 1. The lowest BCUT2D eigenvalue weighted by molar-refractivity contribution is 0.313. The third kappa shape index (κ3) is 2.96. The summed E-state index contributed by atoms with van der Waals surface area (Å²) in [7, 11) is 0. The summed E-state index contributed by atoms with van der Waals surface area (Å²) >= 11 is 0. The molecule has 3 heterocycles. The standard InChI is InChI=1S/C19H14N6O/c20-8-16-14(9-21-11-23-16)15-10-22-18-17(15)19(25-12-24-18)26-7-6-13-4-2-1-3-5-13/h1-5,9-12H,6-7H2,(H,22,24,25). The predicted molar refractivity (Wildman–Crippen MR) is 95.3 cm³/mol. The Bertz CT molecular complexity index is 1080. The van der Waals surface area contributed by atoms with Crippen molar-refractivity contribution < 1.29 is 4.74 Å². The van der Waals surface area contributed by atoms with Crippen LogP contribution in [0.25, 0.3) is 22.2 Å². The molecule has 0 saturated carbocycles. The van der Waals surface area contributed by atoms with Crippen molar-refractivity contribution in [1.29, 1.82) is 5.26 Å². The van der Waals surface area contributed by atoms with Crippen molar-refractivity contribution in [3.63, 3.8) is 0 Å². The molecule has 0 amide bonds. The SMILES string of the molecule is N#Cc1ncncc1-c1c[nH]c2ncnc(OCCc3ccccc3)c12. The van der Waals surface area contributed by atoms with Crippen LogP contribution in [0.3, 0.4) is 0 Å². The highest BCUT2D eigenvalue weighted by Crippen LogP contribution is 2.33. The van der Waals surface area contributed by atoms with E-state index in [0.29, 0.717) is 34.8 Å². The molecular formula is C19H14N6O. The molecule has 3 aromatic heterocycles. The van der Waals surface area contributed by atoms with E-state index in [0.717, 1.165) is 12.0 Å². The molecule has 126 valence electrons. The highest BCUT2D eigenvalue weighted by Gasteiger charge is 2.17. The quantitative estimate of drug-likeness (QED) is 0.598. The molecule has 0 aliphatic carbocycles. The van der Waals surface area contributed by atoms with Crippen molar-refractivity contribution in [3.05, 3.63) is 66.6 Å². The minimum atomic E-state index is 0.292. The molecule has 4 aromatic rings. The summed E-state index contributed by atoms with van der Waals surface area (Å²) in [5.41, 5.74) is 3.48. The zero-order valence-electron chi connectivity index (χ0n) is 13.8. The van der Waals surface area contributed by atoms with Gasteiger partial charge in [-0.15, -0.1) is 0 Å². The minimum Gasteiger partial charge on any atom is -0.477 e. The van der Waals surface area contributed by atoms with E-state index in [1.807, 2.05) is 18.2 Å². The summed E-state index contributed by atoms with van der Waals surface area (Å²) in [5, 5.41) is 10.0. The summed E-state index contributed by atoms with van der Waals surface area (Å²) in [5.74, 6) is 0.468. The van der Waals surface area contributed by atoms with E-state index in [1.165, 1.54) is 18.2 Å². The van der Waals surface area contributed by atoms with E-state index < -0.39 is 0 Å². The van der Waals surface area contributed by atoms with Gasteiger partial charge >= 0.3 is 0 Å². The Morgan fingerprint density at radius 1 is 1.04 bits per heavy atom. The number of nitrogens with one attached hydrogen (secondary N) is 1. The average molecular weight is 342 g/mol. The Balaban J connectivity index is 1.68. The molecular weight excluding hydrogens is 328 g/mol. The first-order chi connectivity index (χ1) is 12.9. The number of nitriles is 1. The maximum Gasteiger partial charge on any atom is 0.226 e. The Morgan fingerprint density at radius 3 is 2.77 bits per heavy atom. The van der Waals surface area contributed by atoms with Gasteiger partial charge in [-0.05, 0) is 5.56 Å². The second kappa shape index (κ2) is 6.99. The third-order valence-corrected chi connectivity index (χ3v) is 4.02. The highest BCUT2D eigenvalue weighted by molar-refractivity contribution is 5.97. The molecule has 0 unspecified atom stereocenters. The number of aromatic nitrogens is 5. The lowest BCUT2D eigenvalue weighted by Gasteiger charge is -2.08. The Morgan fingerprint density at radius 2 is 1.92 bits per heavy atom. The summed E-state index contributed by atoms with van der Waals surface area (Å²) in [4.78, 5) is 19.7. The number of aromatic amines is 1. The van der Waals surface area contributed by atoms with Crippen LogP contribution in [0.5, 0.6) is 5.88 Å². The maximum atomic E-state index is 9.31. The van der Waals surface area contributed by atoms with E-state index in [-0.39, 0.29) is 0 Å². The van der Waals surface area contributed by atoms with Gasteiger partial charge < -0.3 is 9.72 Å². The minimum absolute atomic E-state index is 0.292. The summed E-state index contributed by atoms with van der Waals surface area (Å²) < 4.78 is 5.92. The number of ether oxygens (including phenoxy) is 1. The second-order valence-corrected chi connectivity index (χ2v) is 5.59. The molecule has 0 fully saturated rings. The summed E-state index contributed by atoms with van der Waals surface area (Å²) in [6.07, 6.45) is 6.94. The van der Waals surface area contributed by atoms with Crippen LogP contribution in [0.4, 0.5) is 0 Å². The number of hydrogen-bond acceptors (Lipinski definition) is 6. The Hall–Kier alpha value is -3.79. The Kier molecular flexibility index (Phi) is 4.23. The van der Waals surface area contributed by atoms with Crippen molar-refractivity contribution in [1.82, 2.24) is 24.9 Å². The first-order valence-corrected chi connectivity index (χ1v) is 8.06. The lowest BCUT2D eigenvalue weighted by Crippen LogP contribution is -2.03. The van der Waals surface area contributed by atoms with Crippen LogP contribution < -0.4 is 4.74 Å². The molecule has 7 heteroatoms. The van der Waals surface area contributed by atoms with Crippen LogP contribution in [0.1, 0.15) is 11.3 Å². The molecule has 7 nitrogen and oxygen atoms in total. The van der Waals surface area contributed by atoms with Crippen molar-refractivity contribution in [2.75, 3.05) is 6.61 Å². The van der Waals surface area contributed by atoms with Gasteiger partial charge in [-0.1, -0.05) is 30.3 Å². The predicted octanol–water partition coefficient (Wildman–Crippen LogP) is 2.91. The van der Waals surface area contributed by atoms with Gasteiger partial charge in [0.1, 0.15) is 24.4 Å². The van der Waals surface area contributed by atoms with E-state index >= 15 is 0 Å². The molecule has 0 radical (unpaired) electrons. The van der Waals surface area contributed by atoms with E-state index in [2.05, 4.69) is 43.1 Å². The number of benzene rings is 1. The van der Waals surface area contributed by atoms with E-state index in [4.69, 9.17) is 4.74 Å². The summed E-state index contributed by atoms with van der Waals surface area (Å²) in [6.45, 7) is 0.483. The normalized spacial score (nSPS) is 10.6. The van der Waals surface area contributed by atoms with Gasteiger partial charge in [0, 0.05) is 29.9 Å². The van der Waals surface area contributed by atoms with Crippen LogP contribution in [-0.4, -0.2) is 31.5 Å².